The Bertz CT molecular complexity index is 173. The second-order valence-corrected chi connectivity index (χ2v) is 1.65. The van der Waals surface area contributed by atoms with Crippen molar-refractivity contribution in [1.82, 2.24) is 0 Å². The molecule has 0 aliphatic rings. The van der Waals surface area contributed by atoms with Crippen LogP contribution in [-0.2, 0) is 19.4 Å². The van der Waals surface area contributed by atoms with Gasteiger partial charge in [-0.25, -0.2) is 0 Å². The van der Waals surface area contributed by atoms with Crippen LogP contribution in [0.4, 0.5) is 26.3 Å². The molecule has 0 aromatic heterocycles. The third kappa shape index (κ3) is 15.8. The first-order valence-electron chi connectivity index (χ1n) is 1.90. The molecule has 0 amide bonds. The molecule has 11 heteroatoms. The summed E-state index contributed by atoms with van der Waals surface area (Å²) in [5, 5.41) is 0. The number of halogens is 6. The molecule has 13 heavy (non-hydrogen) atoms. The van der Waals surface area contributed by atoms with Gasteiger partial charge >= 0.3 is 63.7 Å². The zero-order valence-electron chi connectivity index (χ0n) is 5.94. The van der Waals surface area contributed by atoms with E-state index in [0.29, 0.717) is 0 Å². The molecule has 0 atom stereocenters. The molecule has 0 spiro atoms. The molecule has 0 radical (unpaired) electrons. The Morgan fingerprint density at radius 3 is 0.923 bits per heavy atom. The Morgan fingerprint density at radius 1 is 0.846 bits per heavy atom. The fourth-order valence-electron chi connectivity index (χ4n) is 0. The topological polar surface area (TPSA) is 54.4 Å². The molecule has 3 nitrogen and oxygen atoms in total. The van der Waals surface area contributed by atoms with Crippen LogP contribution in [0.1, 0.15) is 0 Å². The maximum atomic E-state index is 10.4. The van der Waals surface area contributed by atoms with E-state index in [-0.39, 0.29) is 51.4 Å². The summed E-state index contributed by atoms with van der Waals surface area (Å²) < 4.78 is 86.7. The van der Waals surface area contributed by atoms with Crippen LogP contribution in [0.2, 0.25) is 0 Å². The number of alkyl halides is 6. The molecule has 0 bridgehead atoms. The summed E-state index contributed by atoms with van der Waals surface area (Å²) in [6, 6.07) is 0. The third-order valence-electron chi connectivity index (χ3n) is 0.321. The number of hydrogen-bond donors (Lipinski definition) is 1. The van der Waals surface area contributed by atoms with E-state index in [4.69, 9.17) is 13.0 Å². The van der Waals surface area contributed by atoms with Crippen molar-refractivity contribution in [3.63, 3.8) is 0 Å². The zero-order chi connectivity index (χ0) is 10.6. The van der Waals surface area contributed by atoms with E-state index in [0.717, 1.165) is 0 Å². The summed E-state index contributed by atoms with van der Waals surface area (Å²) in [5.41, 5.74) is 0. The van der Waals surface area contributed by atoms with Gasteiger partial charge in [-0.2, -0.15) is 26.3 Å². The summed E-state index contributed by atoms with van der Waals surface area (Å²) in [6.07, 6.45) is -12.1. The Kier molecular flexibility index (Phi) is 11.2. The summed E-state index contributed by atoms with van der Waals surface area (Å²) in [5.74, 6) is 0. The molecule has 0 saturated carbocycles. The van der Waals surface area contributed by atoms with Gasteiger partial charge in [0.05, 0.1) is 0 Å². The Morgan fingerprint density at radius 2 is 0.923 bits per heavy atom. The minimum Gasteiger partial charge on any atom is -0.439 e. The van der Waals surface area contributed by atoms with Crippen molar-refractivity contribution in [3.8, 4) is 0 Å². The Balaban J connectivity index is -0.000000173. The average molecular weight is 258 g/mol. The largest absolute Gasteiger partial charge is 1.00 e. The van der Waals surface area contributed by atoms with Crippen LogP contribution in [0.3, 0.4) is 0 Å². The standard InChI is InChI=1S/C2F6.K.HO3S/c3-1(4,5)2(6,7)8;;1-4(2)3/h;;(H,1,2,3)/q;+1;-1. The molecule has 0 aromatic carbocycles. The third-order valence-corrected chi connectivity index (χ3v) is 0.321. The van der Waals surface area contributed by atoms with Gasteiger partial charge in [-0.15, -0.1) is 0 Å². The van der Waals surface area contributed by atoms with Gasteiger partial charge in [0.25, 0.3) is 0 Å². The summed E-state index contributed by atoms with van der Waals surface area (Å²) in [6.45, 7) is 0. The summed E-state index contributed by atoms with van der Waals surface area (Å²) in [4.78, 5) is 0. The average Bonchev–Trinajstić information content (AvgIpc) is 1.55. The molecule has 0 aliphatic carbocycles. The second-order valence-electron chi connectivity index (χ2n) is 1.21. The predicted molar refractivity (Wildman–Crippen MR) is 23.5 cm³/mol. The van der Waals surface area contributed by atoms with Gasteiger partial charge in [0.2, 0.25) is 0 Å². The first kappa shape index (κ1) is 19.7. The van der Waals surface area contributed by atoms with Gasteiger partial charge < -0.3 is 13.0 Å². The fourth-order valence-corrected chi connectivity index (χ4v) is 0. The smallest absolute Gasteiger partial charge is 0.439 e. The van der Waals surface area contributed by atoms with Crippen molar-refractivity contribution in [2.24, 2.45) is 0 Å². The van der Waals surface area contributed by atoms with Gasteiger partial charge in [-0.1, -0.05) is 0 Å². The molecule has 76 valence electrons. The Hall–Kier alpha value is 1.13. The summed E-state index contributed by atoms with van der Waals surface area (Å²) >= 11 is 0. The van der Waals surface area contributed by atoms with Gasteiger partial charge in [-0.3, -0.25) is 0 Å². The molecular weight excluding hydrogens is 257 g/mol. The van der Waals surface area contributed by atoms with Crippen molar-refractivity contribution in [3.05, 3.63) is 0 Å². The molecule has 0 unspecified atom stereocenters. The molecule has 0 aromatic rings. The van der Waals surface area contributed by atoms with Gasteiger partial charge in [0, 0.05) is 11.0 Å². The van der Waals surface area contributed by atoms with Crippen molar-refractivity contribution in [2.75, 3.05) is 0 Å². The second kappa shape index (κ2) is 7.42. The zero-order valence-corrected chi connectivity index (χ0v) is 9.88. The van der Waals surface area contributed by atoms with Crippen LogP contribution in [-0.4, -0.2) is 16.9 Å². The fraction of sp³-hybridized carbons (Fsp3) is 1.00. The summed E-state index contributed by atoms with van der Waals surface area (Å²) in [7, 11) is -2.86. The quantitative estimate of drug-likeness (QED) is 0.197. The van der Waals surface area contributed by atoms with Crippen molar-refractivity contribution < 1.29 is 90.7 Å². The van der Waals surface area contributed by atoms with Gasteiger partial charge in [-0.05, 0) is 0 Å². The molecule has 0 heterocycles. The first-order valence-corrected chi connectivity index (χ1v) is 2.93. The van der Waals surface area contributed by atoms with Crippen molar-refractivity contribution >= 4 is 11.0 Å². The maximum absolute atomic E-state index is 10.4. The molecule has 0 rings (SSSR count). The van der Waals surface area contributed by atoms with Crippen molar-refractivity contribution in [2.45, 2.75) is 12.4 Å². The molecule has 0 saturated heterocycles. The SMILES string of the molecule is FC(F)(F)C(F)(F)F.O=[S-](=O)O.[K+]. The number of hydrogen-bond acceptors (Lipinski definition) is 3. The maximum Gasteiger partial charge on any atom is 1.00 e. The first-order chi connectivity index (χ1) is 4.98. The van der Waals surface area contributed by atoms with Crippen molar-refractivity contribution in [1.29, 1.82) is 0 Å². The van der Waals surface area contributed by atoms with E-state index < -0.39 is 23.3 Å². The van der Waals surface area contributed by atoms with Crippen LogP contribution in [0.5, 0.6) is 0 Å². The predicted octanol–water partition coefficient (Wildman–Crippen LogP) is -1.12. The van der Waals surface area contributed by atoms with E-state index in [9.17, 15) is 26.3 Å². The van der Waals surface area contributed by atoms with Crippen LogP contribution in [0.15, 0.2) is 0 Å². The molecule has 0 fully saturated rings. The normalized spacial score (nSPS) is 11.4. The number of rotatable bonds is 0. The molecular formula is C2HF6KO3S. The van der Waals surface area contributed by atoms with E-state index in [1.807, 2.05) is 0 Å². The van der Waals surface area contributed by atoms with E-state index in [1.165, 1.54) is 0 Å². The van der Waals surface area contributed by atoms with Crippen LogP contribution < -0.4 is 51.4 Å². The van der Waals surface area contributed by atoms with E-state index in [2.05, 4.69) is 0 Å². The van der Waals surface area contributed by atoms with Crippen LogP contribution in [0, 0.1) is 0 Å². The minimum absolute atomic E-state index is 0. The monoisotopic (exact) mass is 258 g/mol. The molecule has 0 aliphatic heterocycles. The Labute approximate surface area is 113 Å². The van der Waals surface area contributed by atoms with E-state index >= 15 is 0 Å². The van der Waals surface area contributed by atoms with E-state index in [1.54, 1.807) is 0 Å². The molecule has 1 N–H and O–H groups in total. The van der Waals surface area contributed by atoms with Crippen LogP contribution in [0.25, 0.3) is 0 Å². The van der Waals surface area contributed by atoms with Gasteiger partial charge in [0.1, 0.15) is 0 Å². The van der Waals surface area contributed by atoms with Crippen LogP contribution >= 0.6 is 0 Å². The minimum atomic E-state index is -6.06. The van der Waals surface area contributed by atoms with Gasteiger partial charge in [0.15, 0.2) is 0 Å².